The van der Waals surface area contributed by atoms with Gasteiger partial charge in [0.25, 0.3) is 0 Å². The minimum absolute atomic E-state index is 0.00118. The third-order valence-corrected chi connectivity index (χ3v) is 7.43. The fraction of sp³-hybridized carbons (Fsp3) is 0.562. The van der Waals surface area contributed by atoms with Gasteiger partial charge >= 0.3 is 0 Å². The van der Waals surface area contributed by atoms with Crippen molar-refractivity contribution in [1.82, 2.24) is 0 Å². The highest BCUT2D eigenvalue weighted by atomic mass is 16.3. The molecule has 4 heteroatoms. The van der Waals surface area contributed by atoms with Gasteiger partial charge in [0.05, 0.1) is 12.1 Å². The van der Waals surface area contributed by atoms with E-state index in [-0.39, 0.29) is 22.9 Å². The topological polar surface area (TPSA) is 65.2 Å². The second kappa shape index (κ2) is 11.2. The zero-order valence-electron chi connectivity index (χ0n) is 23.7. The normalized spacial score (nSPS) is 19.4. The van der Waals surface area contributed by atoms with Gasteiger partial charge in [0.1, 0.15) is 11.5 Å². The van der Waals surface area contributed by atoms with Crippen molar-refractivity contribution in [3.05, 3.63) is 57.6 Å². The summed E-state index contributed by atoms with van der Waals surface area (Å²) >= 11 is 0. The van der Waals surface area contributed by atoms with Crippen LogP contribution in [0.15, 0.2) is 34.3 Å². The van der Waals surface area contributed by atoms with Crippen molar-refractivity contribution in [2.75, 3.05) is 0 Å². The largest absolute Gasteiger partial charge is 0.507 e. The van der Waals surface area contributed by atoms with Gasteiger partial charge in [-0.3, -0.25) is 9.98 Å². The number of hydrogen-bond donors (Lipinski definition) is 2. The molecule has 0 aliphatic heterocycles. The van der Waals surface area contributed by atoms with E-state index in [0.717, 1.165) is 60.8 Å². The third-order valence-electron chi connectivity index (χ3n) is 7.43. The van der Waals surface area contributed by atoms with Crippen LogP contribution in [0.3, 0.4) is 0 Å². The van der Waals surface area contributed by atoms with E-state index in [9.17, 15) is 10.2 Å². The highest BCUT2D eigenvalue weighted by Crippen LogP contribution is 2.33. The van der Waals surface area contributed by atoms with E-state index in [1.165, 1.54) is 11.1 Å². The van der Waals surface area contributed by atoms with Crippen LogP contribution in [0.5, 0.6) is 11.5 Å². The summed E-state index contributed by atoms with van der Waals surface area (Å²) in [7, 11) is 0. The van der Waals surface area contributed by atoms with E-state index in [2.05, 4.69) is 79.7 Å². The standard InChI is InChI=1S/C32H46N2O2/c1-9-21-15-25(31(3,4)5)17-23(29(21)35)19-33-27-13-11-12-14-28(27)34-20-24-18-26(32(6,7)8)16-22(10-2)30(24)36/h15-20,27-28,35-36H,9-14H2,1-8H3/b33-19+,34-20+/t27-,28-/m1/s1. The van der Waals surface area contributed by atoms with Crippen LogP contribution in [0.1, 0.15) is 114 Å². The van der Waals surface area contributed by atoms with E-state index in [0.29, 0.717) is 11.5 Å². The van der Waals surface area contributed by atoms with Crippen LogP contribution < -0.4 is 0 Å². The zero-order valence-corrected chi connectivity index (χ0v) is 23.7. The molecule has 36 heavy (non-hydrogen) atoms. The molecule has 0 amide bonds. The predicted octanol–water partition coefficient (Wildman–Crippen LogP) is 7.67. The molecule has 1 aliphatic rings. The Morgan fingerprint density at radius 2 is 1.06 bits per heavy atom. The Hall–Kier alpha value is -2.62. The van der Waals surface area contributed by atoms with Crippen molar-refractivity contribution in [2.24, 2.45) is 9.98 Å². The molecule has 3 rings (SSSR count). The Morgan fingerprint density at radius 3 is 1.36 bits per heavy atom. The average molecular weight is 491 g/mol. The SMILES string of the molecule is CCc1cc(C(C)(C)C)cc(/C=N/[C@@H]2CCCC[C@H]2/N=C/c2cc(C(C)(C)C)cc(CC)c2O)c1O. The highest BCUT2D eigenvalue weighted by molar-refractivity contribution is 5.86. The number of benzene rings is 2. The maximum absolute atomic E-state index is 10.8. The van der Waals surface area contributed by atoms with Crippen LogP contribution in [0.2, 0.25) is 0 Å². The lowest BCUT2D eigenvalue weighted by molar-refractivity contribution is 0.390. The molecular weight excluding hydrogens is 444 g/mol. The minimum Gasteiger partial charge on any atom is -0.507 e. The first-order chi connectivity index (χ1) is 16.8. The summed E-state index contributed by atoms with van der Waals surface area (Å²) in [5.41, 5.74) is 5.91. The van der Waals surface area contributed by atoms with Crippen molar-refractivity contribution in [2.45, 2.75) is 117 Å². The first-order valence-corrected chi connectivity index (χ1v) is 13.6. The quantitative estimate of drug-likeness (QED) is 0.408. The average Bonchev–Trinajstić information content (AvgIpc) is 2.81. The van der Waals surface area contributed by atoms with Gasteiger partial charge in [-0.2, -0.15) is 0 Å². The van der Waals surface area contributed by atoms with Crippen molar-refractivity contribution < 1.29 is 10.2 Å². The predicted molar refractivity (Wildman–Crippen MR) is 154 cm³/mol. The molecule has 0 spiro atoms. The Morgan fingerprint density at radius 1 is 0.694 bits per heavy atom. The van der Waals surface area contributed by atoms with Crippen molar-refractivity contribution in [1.29, 1.82) is 0 Å². The van der Waals surface area contributed by atoms with Crippen LogP contribution in [-0.4, -0.2) is 34.7 Å². The molecule has 0 aromatic heterocycles. The molecule has 2 aromatic carbocycles. The zero-order chi connectivity index (χ0) is 26.7. The monoisotopic (exact) mass is 490 g/mol. The van der Waals surface area contributed by atoms with E-state index in [1.807, 2.05) is 12.4 Å². The van der Waals surface area contributed by atoms with Crippen molar-refractivity contribution in [3.8, 4) is 11.5 Å². The van der Waals surface area contributed by atoms with Crippen molar-refractivity contribution in [3.63, 3.8) is 0 Å². The van der Waals surface area contributed by atoms with Gasteiger partial charge in [-0.25, -0.2) is 0 Å². The fourth-order valence-corrected chi connectivity index (χ4v) is 4.83. The highest BCUT2D eigenvalue weighted by Gasteiger charge is 2.24. The second-order valence-corrected chi connectivity index (χ2v) is 12.3. The van der Waals surface area contributed by atoms with Crippen molar-refractivity contribution >= 4 is 12.4 Å². The molecule has 4 nitrogen and oxygen atoms in total. The van der Waals surface area contributed by atoms with Gasteiger partial charge in [-0.05, 0) is 70.9 Å². The molecule has 196 valence electrons. The molecule has 0 unspecified atom stereocenters. The summed E-state index contributed by atoms with van der Waals surface area (Å²) in [6, 6.07) is 8.50. The number of phenolic OH excluding ortho intramolecular Hbond substituents is 2. The maximum Gasteiger partial charge on any atom is 0.127 e. The summed E-state index contributed by atoms with van der Waals surface area (Å²) in [6.45, 7) is 17.3. The van der Waals surface area contributed by atoms with E-state index in [1.54, 1.807) is 0 Å². The number of nitrogens with zero attached hydrogens (tertiary/aromatic N) is 2. The Labute approximate surface area is 218 Å². The van der Waals surface area contributed by atoms with Gasteiger partial charge < -0.3 is 10.2 Å². The summed E-state index contributed by atoms with van der Waals surface area (Å²) in [4.78, 5) is 9.92. The molecule has 0 saturated heterocycles. The molecule has 0 radical (unpaired) electrons. The Kier molecular flexibility index (Phi) is 8.69. The maximum atomic E-state index is 10.8. The van der Waals surface area contributed by atoms with Gasteiger partial charge in [0.15, 0.2) is 0 Å². The number of aryl methyl sites for hydroxylation is 2. The van der Waals surface area contributed by atoms with Crippen LogP contribution >= 0.6 is 0 Å². The van der Waals surface area contributed by atoms with Crippen LogP contribution in [0.4, 0.5) is 0 Å². The first-order valence-electron chi connectivity index (χ1n) is 13.6. The Balaban J connectivity index is 1.91. The number of hydrogen-bond acceptors (Lipinski definition) is 4. The van der Waals surface area contributed by atoms with Gasteiger partial charge in [0, 0.05) is 23.6 Å². The van der Waals surface area contributed by atoms with E-state index < -0.39 is 0 Å². The van der Waals surface area contributed by atoms with Gasteiger partial charge in [0.2, 0.25) is 0 Å². The summed E-state index contributed by atoms with van der Waals surface area (Å²) in [5, 5.41) is 21.7. The molecule has 0 heterocycles. The lowest BCUT2D eigenvalue weighted by Gasteiger charge is -2.26. The van der Waals surface area contributed by atoms with Gasteiger partial charge in [-0.15, -0.1) is 0 Å². The lowest BCUT2D eigenvalue weighted by atomic mass is 9.84. The Bertz CT molecular complexity index is 1030. The first kappa shape index (κ1) is 28.0. The molecule has 1 saturated carbocycles. The van der Waals surface area contributed by atoms with Crippen LogP contribution in [0, 0.1) is 0 Å². The molecule has 2 aromatic rings. The number of phenols is 2. The number of aliphatic imine (C=N–C) groups is 2. The van der Waals surface area contributed by atoms with E-state index in [4.69, 9.17) is 9.98 Å². The minimum atomic E-state index is -0.00118. The molecule has 0 bridgehead atoms. The number of aromatic hydroxyl groups is 2. The molecule has 2 N–H and O–H groups in total. The molecule has 1 fully saturated rings. The summed E-state index contributed by atoms with van der Waals surface area (Å²) in [5.74, 6) is 0.669. The van der Waals surface area contributed by atoms with Crippen LogP contribution in [-0.2, 0) is 23.7 Å². The molecular formula is C32H46N2O2. The second-order valence-electron chi connectivity index (χ2n) is 12.3. The van der Waals surface area contributed by atoms with E-state index >= 15 is 0 Å². The van der Waals surface area contributed by atoms with Gasteiger partial charge in [-0.1, -0.05) is 80.4 Å². The smallest absolute Gasteiger partial charge is 0.127 e. The summed E-state index contributed by atoms with van der Waals surface area (Å²) < 4.78 is 0. The van der Waals surface area contributed by atoms with Crippen LogP contribution in [0.25, 0.3) is 0 Å². The fourth-order valence-electron chi connectivity index (χ4n) is 4.83. The molecule has 1 aliphatic carbocycles. The third kappa shape index (κ3) is 6.57. The molecule has 2 atom stereocenters. The lowest BCUT2D eigenvalue weighted by Crippen LogP contribution is -2.27. The summed E-state index contributed by atoms with van der Waals surface area (Å²) in [6.07, 6.45) is 9.50. The number of rotatable bonds is 6.